The Morgan fingerprint density at radius 3 is 2.29 bits per heavy atom. The molecule has 0 aliphatic carbocycles. The third-order valence-electron chi connectivity index (χ3n) is 4.78. The first-order chi connectivity index (χ1) is 12.9. The van der Waals surface area contributed by atoms with Gasteiger partial charge in [-0.1, -0.05) is 31.2 Å². The molecule has 2 aromatic carbocycles. The smallest absolute Gasteiger partial charge is 0.234 e. The lowest BCUT2D eigenvalue weighted by molar-refractivity contribution is -0.120. The first kappa shape index (κ1) is 21.6. The molecular weight excluding hydrogens is 374 g/mol. The molecule has 7 heteroatoms. The zero-order valence-corrected chi connectivity index (χ0v) is 17.1. The second-order valence-corrected chi connectivity index (χ2v) is 7.02. The number of anilines is 1. The van der Waals surface area contributed by atoms with E-state index in [1.807, 2.05) is 50.2 Å². The van der Waals surface area contributed by atoms with Crippen molar-refractivity contribution in [2.45, 2.75) is 39.2 Å². The minimum absolute atomic E-state index is 0. The number of aromatic amines is 1. The van der Waals surface area contributed by atoms with Crippen LogP contribution in [0.5, 0.6) is 0 Å². The summed E-state index contributed by atoms with van der Waals surface area (Å²) in [4.78, 5) is 17.1. The van der Waals surface area contributed by atoms with E-state index < -0.39 is 5.41 Å². The molecule has 0 fully saturated rings. The van der Waals surface area contributed by atoms with Crippen molar-refractivity contribution in [3.8, 4) is 11.4 Å². The minimum Gasteiger partial charge on any atom is -0.325 e. The molecule has 3 rings (SSSR count). The Bertz CT molecular complexity index is 917. The molecule has 1 amide bonds. The van der Waals surface area contributed by atoms with Crippen LogP contribution < -0.4 is 11.1 Å². The van der Waals surface area contributed by atoms with Crippen molar-refractivity contribution >= 4 is 24.0 Å². The lowest BCUT2D eigenvalue weighted by atomic mass is 9.83. The third-order valence-corrected chi connectivity index (χ3v) is 4.78. The number of aryl methyl sites for hydroxylation is 1. The maximum Gasteiger partial charge on any atom is 0.234 e. The van der Waals surface area contributed by atoms with E-state index in [0.717, 1.165) is 23.2 Å². The molecule has 0 saturated carbocycles. The van der Waals surface area contributed by atoms with E-state index in [4.69, 9.17) is 5.73 Å². The number of amides is 1. The highest BCUT2D eigenvalue weighted by molar-refractivity contribution is 5.98. The minimum atomic E-state index is -0.634. The molecule has 0 unspecified atom stereocenters. The zero-order chi connectivity index (χ0) is 19.4. The highest BCUT2D eigenvalue weighted by Gasteiger charge is 2.29. The fourth-order valence-electron chi connectivity index (χ4n) is 2.79. The molecule has 0 saturated heterocycles. The summed E-state index contributed by atoms with van der Waals surface area (Å²) >= 11 is 0. The maximum absolute atomic E-state index is 12.8. The number of carbonyl (C=O) groups is 1. The highest BCUT2D eigenvalue weighted by atomic mass is 35.5. The van der Waals surface area contributed by atoms with Gasteiger partial charge in [-0.3, -0.25) is 9.89 Å². The van der Waals surface area contributed by atoms with Crippen molar-refractivity contribution in [3.05, 3.63) is 65.5 Å². The number of hydrogen-bond donors (Lipinski definition) is 3. The van der Waals surface area contributed by atoms with Gasteiger partial charge in [-0.2, -0.15) is 5.10 Å². The fourth-order valence-corrected chi connectivity index (χ4v) is 2.79. The van der Waals surface area contributed by atoms with Crippen LogP contribution in [0.2, 0.25) is 0 Å². The predicted octanol–water partition coefficient (Wildman–Crippen LogP) is 3.83. The van der Waals surface area contributed by atoms with Crippen molar-refractivity contribution in [3.63, 3.8) is 0 Å². The average molecular weight is 400 g/mol. The number of nitrogens with two attached hydrogens (primary N) is 1. The SMILES string of the molecule is CCc1ccc(C(C)(C)C(=O)Nc2ccc(-c3n[nH]c(CN)n3)cc2)cc1.Cl. The standard InChI is InChI=1S/C21H25N5O.ClH/c1-4-14-5-9-16(10-6-14)21(2,3)20(27)23-17-11-7-15(8-12-17)19-24-18(13-22)25-26-19;/h5-12H,4,13,22H2,1-3H3,(H,23,27)(H,24,25,26);1H. The monoisotopic (exact) mass is 399 g/mol. The Morgan fingerprint density at radius 2 is 1.75 bits per heavy atom. The first-order valence-electron chi connectivity index (χ1n) is 9.06. The fraction of sp³-hybridized carbons (Fsp3) is 0.286. The molecule has 4 N–H and O–H groups in total. The van der Waals surface area contributed by atoms with Crippen LogP contribution in [0.1, 0.15) is 37.7 Å². The molecule has 0 radical (unpaired) electrons. The molecule has 0 bridgehead atoms. The molecule has 148 valence electrons. The largest absolute Gasteiger partial charge is 0.325 e. The van der Waals surface area contributed by atoms with Gasteiger partial charge in [0.15, 0.2) is 5.82 Å². The van der Waals surface area contributed by atoms with E-state index in [9.17, 15) is 4.79 Å². The number of nitrogens with one attached hydrogen (secondary N) is 2. The van der Waals surface area contributed by atoms with Crippen molar-refractivity contribution < 1.29 is 4.79 Å². The van der Waals surface area contributed by atoms with E-state index >= 15 is 0 Å². The summed E-state index contributed by atoms with van der Waals surface area (Å²) in [5, 5.41) is 9.93. The number of H-pyrrole nitrogens is 1. The molecule has 1 aromatic heterocycles. The van der Waals surface area contributed by atoms with Crippen LogP contribution in [0.25, 0.3) is 11.4 Å². The van der Waals surface area contributed by atoms with Crippen molar-refractivity contribution in [2.24, 2.45) is 5.73 Å². The van der Waals surface area contributed by atoms with E-state index in [0.29, 0.717) is 18.2 Å². The summed E-state index contributed by atoms with van der Waals surface area (Å²) < 4.78 is 0. The van der Waals surface area contributed by atoms with Gasteiger partial charge in [-0.15, -0.1) is 12.4 Å². The van der Waals surface area contributed by atoms with Crippen LogP contribution in [0.3, 0.4) is 0 Å². The number of halogens is 1. The Balaban J connectivity index is 0.00000280. The van der Waals surface area contributed by atoms with Gasteiger partial charge in [0.1, 0.15) is 5.82 Å². The van der Waals surface area contributed by atoms with Crippen LogP contribution >= 0.6 is 12.4 Å². The zero-order valence-electron chi connectivity index (χ0n) is 16.3. The van der Waals surface area contributed by atoms with Crippen molar-refractivity contribution in [1.29, 1.82) is 0 Å². The molecule has 6 nitrogen and oxygen atoms in total. The summed E-state index contributed by atoms with van der Waals surface area (Å²) in [6.45, 7) is 6.29. The second kappa shape index (κ2) is 8.99. The second-order valence-electron chi connectivity index (χ2n) is 7.02. The summed E-state index contributed by atoms with van der Waals surface area (Å²) in [5.74, 6) is 1.17. The molecule has 0 atom stereocenters. The number of rotatable bonds is 6. The summed E-state index contributed by atoms with van der Waals surface area (Å²) in [7, 11) is 0. The highest BCUT2D eigenvalue weighted by Crippen LogP contribution is 2.26. The predicted molar refractivity (Wildman–Crippen MR) is 114 cm³/mol. The lowest BCUT2D eigenvalue weighted by Crippen LogP contribution is -2.34. The molecule has 0 spiro atoms. The lowest BCUT2D eigenvalue weighted by Gasteiger charge is -2.24. The number of nitrogens with zero attached hydrogens (tertiary/aromatic N) is 2. The topological polar surface area (TPSA) is 96.7 Å². The number of hydrogen-bond acceptors (Lipinski definition) is 4. The molecule has 0 aliphatic rings. The summed E-state index contributed by atoms with van der Waals surface area (Å²) in [6, 6.07) is 15.7. The Morgan fingerprint density at radius 1 is 1.11 bits per heavy atom. The molecule has 28 heavy (non-hydrogen) atoms. The van der Waals surface area contributed by atoms with Gasteiger partial charge < -0.3 is 11.1 Å². The van der Waals surface area contributed by atoms with E-state index in [1.54, 1.807) is 0 Å². The van der Waals surface area contributed by atoms with Crippen molar-refractivity contribution in [2.75, 3.05) is 5.32 Å². The van der Waals surface area contributed by atoms with Crippen LogP contribution in [0, 0.1) is 0 Å². The van der Waals surface area contributed by atoms with Gasteiger partial charge in [0.05, 0.1) is 12.0 Å². The van der Waals surface area contributed by atoms with Crippen LogP contribution in [-0.2, 0) is 23.2 Å². The van der Waals surface area contributed by atoms with Gasteiger partial charge in [0.2, 0.25) is 5.91 Å². The van der Waals surface area contributed by atoms with Gasteiger partial charge >= 0.3 is 0 Å². The molecule has 0 aliphatic heterocycles. The maximum atomic E-state index is 12.8. The van der Waals surface area contributed by atoms with E-state index in [2.05, 4.69) is 39.6 Å². The Hall–Kier alpha value is -2.70. The Kier molecular flexibility index (Phi) is 6.94. The Labute approximate surface area is 171 Å². The average Bonchev–Trinajstić information content (AvgIpc) is 3.18. The van der Waals surface area contributed by atoms with Gasteiger partial charge in [-0.25, -0.2) is 4.98 Å². The first-order valence-corrected chi connectivity index (χ1v) is 9.06. The quantitative estimate of drug-likeness (QED) is 0.586. The summed E-state index contributed by atoms with van der Waals surface area (Å²) in [5.41, 5.74) is 8.75. The van der Waals surface area contributed by atoms with Gasteiger partial charge in [-0.05, 0) is 55.7 Å². The molecular formula is C21H26ClN5O. The van der Waals surface area contributed by atoms with Crippen LogP contribution in [-0.4, -0.2) is 21.1 Å². The molecule has 3 aromatic rings. The third kappa shape index (κ3) is 4.58. The summed E-state index contributed by atoms with van der Waals surface area (Å²) in [6.07, 6.45) is 0.983. The normalized spacial score (nSPS) is 11.0. The van der Waals surface area contributed by atoms with Gasteiger partial charge in [0.25, 0.3) is 0 Å². The number of benzene rings is 2. The van der Waals surface area contributed by atoms with E-state index in [1.165, 1.54) is 5.56 Å². The number of carbonyl (C=O) groups excluding carboxylic acids is 1. The molecule has 1 heterocycles. The van der Waals surface area contributed by atoms with Crippen LogP contribution in [0.4, 0.5) is 5.69 Å². The van der Waals surface area contributed by atoms with Crippen molar-refractivity contribution in [1.82, 2.24) is 15.2 Å². The van der Waals surface area contributed by atoms with Gasteiger partial charge in [0, 0.05) is 11.3 Å². The van der Waals surface area contributed by atoms with E-state index in [-0.39, 0.29) is 18.3 Å². The number of aromatic nitrogens is 3. The van der Waals surface area contributed by atoms with Crippen LogP contribution in [0.15, 0.2) is 48.5 Å².